The van der Waals surface area contributed by atoms with Gasteiger partial charge in [0, 0.05) is 19.0 Å². The second kappa shape index (κ2) is 6.03. The van der Waals surface area contributed by atoms with Gasteiger partial charge in [-0.1, -0.05) is 0 Å². The van der Waals surface area contributed by atoms with Gasteiger partial charge in [0.25, 0.3) is 0 Å². The molecule has 1 fully saturated rings. The Labute approximate surface area is 118 Å². The molecule has 0 atom stereocenters. The highest BCUT2D eigenvalue weighted by Crippen LogP contribution is 2.23. The number of carbonyl (C=O) groups is 2. The number of ether oxygens (including phenoxy) is 1. The summed E-state index contributed by atoms with van der Waals surface area (Å²) < 4.78 is 4.71. The van der Waals surface area contributed by atoms with Crippen LogP contribution in [0.3, 0.4) is 0 Å². The van der Waals surface area contributed by atoms with E-state index < -0.39 is 0 Å². The maximum Gasteiger partial charge on any atom is 0.339 e. The molecule has 1 saturated heterocycles. The largest absolute Gasteiger partial charge is 0.465 e. The zero-order valence-corrected chi connectivity index (χ0v) is 12.2. The van der Waals surface area contributed by atoms with Crippen molar-refractivity contribution in [2.24, 2.45) is 5.92 Å². The number of hydrogen-bond acceptors (Lipinski definition) is 5. The average molecular weight is 276 g/mol. The molecule has 108 valence electrons. The average Bonchev–Trinajstić information content (AvgIpc) is 2.46. The molecule has 20 heavy (non-hydrogen) atoms. The van der Waals surface area contributed by atoms with Crippen LogP contribution in [0.1, 0.15) is 35.8 Å². The molecule has 1 aromatic rings. The van der Waals surface area contributed by atoms with E-state index in [1.807, 2.05) is 6.07 Å². The molecule has 5 heteroatoms. The highest BCUT2D eigenvalue weighted by molar-refractivity contribution is 5.90. The van der Waals surface area contributed by atoms with Gasteiger partial charge in [-0.3, -0.25) is 4.79 Å². The third-order valence-corrected chi connectivity index (χ3v) is 3.87. The van der Waals surface area contributed by atoms with Crippen molar-refractivity contribution in [1.82, 2.24) is 4.98 Å². The van der Waals surface area contributed by atoms with Gasteiger partial charge < -0.3 is 9.64 Å². The third-order valence-electron chi connectivity index (χ3n) is 3.87. The molecule has 0 amide bonds. The topological polar surface area (TPSA) is 59.5 Å². The van der Waals surface area contributed by atoms with Crippen molar-refractivity contribution >= 4 is 17.6 Å². The second-order valence-electron chi connectivity index (χ2n) is 5.17. The van der Waals surface area contributed by atoms with E-state index in [-0.39, 0.29) is 17.7 Å². The summed E-state index contributed by atoms with van der Waals surface area (Å²) >= 11 is 0. The van der Waals surface area contributed by atoms with Crippen molar-refractivity contribution in [3.63, 3.8) is 0 Å². The number of Topliss-reactive ketones (excluding diaryl/α,β-unsaturated/α-hetero) is 1. The first-order valence-electron chi connectivity index (χ1n) is 6.84. The fourth-order valence-corrected chi connectivity index (χ4v) is 2.56. The Morgan fingerprint density at radius 3 is 2.45 bits per heavy atom. The van der Waals surface area contributed by atoms with Crippen LogP contribution in [-0.4, -0.2) is 36.9 Å². The summed E-state index contributed by atoms with van der Waals surface area (Å²) in [6, 6.07) is 3.59. The van der Waals surface area contributed by atoms with Crippen LogP contribution in [0.15, 0.2) is 12.1 Å². The van der Waals surface area contributed by atoms with Gasteiger partial charge in [-0.2, -0.15) is 0 Å². The quantitative estimate of drug-likeness (QED) is 0.790. The Morgan fingerprint density at radius 1 is 1.30 bits per heavy atom. The van der Waals surface area contributed by atoms with E-state index in [0.717, 1.165) is 31.7 Å². The summed E-state index contributed by atoms with van der Waals surface area (Å²) in [6.07, 6.45) is 1.74. The van der Waals surface area contributed by atoms with Crippen LogP contribution in [0.25, 0.3) is 0 Å². The van der Waals surface area contributed by atoms with Crippen molar-refractivity contribution in [3.05, 3.63) is 23.4 Å². The number of nitrogens with zero attached hydrogens (tertiary/aromatic N) is 2. The number of esters is 1. The highest BCUT2D eigenvalue weighted by Gasteiger charge is 2.23. The summed E-state index contributed by atoms with van der Waals surface area (Å²) in [4.78, 5) is 29.5. The molecule has 0 bridgehead atoms. The Morgan fingerprint density at radius 2 is 1.95 bits per heavy atom. The number of ketones is 1. The van der Waals surface area contributed by atoms with E-state index in [1.54, 1.807) is 19.9 Å². The van der Waals surface area contributed by atoms with Crippen molar-refractivity contribution in [2.75, 3.05) is 25.1 Å². The molecule has 0 spiro atoms. The third kappa shape index (κ3) is 2.98. The van der Waals surface area contributed by atoms with E-state index in [4.69, 9.17) is 4.74 Å². The highest BCUT2D eigenvalue weighted by atomic mass is 16.5. The Bertz CT molecular complexity index is 520. The number of hydrogen-bond donors (Lipinski definition) is 0. The number of aromatic nitrogens is 1. The van der Waals surface area contributed by atoms with E-state index in [0.29, 0.717) is 11.3 Å². The van der Waals surface area contributed by atoms with Crippen LogP contribution in [0.4, 0.5) is 5.82 Å². The summed E-state index contributed by atoms with van der Waals surface area (Å²) in [5.41, 5.74) is 1.16. The number of methoxy groups -OCH3 is 1. The molecule has 1 aromatic heterocycles. The minimum absolute atomic E-state index is 0.182. The first kappa shape index (κ1) is 14.5. The van der Waals surface area contributed by atoms with Gasteiger partial charge in [-0.15, -0.1) is 0 Å². The monoisotopic (exact) mass is 276 g/mol. The molecule has 0 unspecified atom stereocenters. The summed E-state index contributed by atoms with van der Waals surface area (Å²) in [7, 11) is 1.36. The molecule has 0 radical (unpaired) electrons. The molecule has 2 heterocycles. The molecule has 2 rings (SSSR count). The van der Waals surface area contributed by atoms with Crippen molar-refractivity contribution in [2.45, 2.75) is 26.7 Å². The minimum Gasteiger partial charge on any atom is -0.465 e. The Kier molecular flexibility index (Phi) is 4.37. The lowest BCUT2D eigenvalue weighted by Crippen LogP contribution is -2.36. The second-order valence-corrected chi connectivity index (χ2v) is 5.17. The van der Waals surface area contributed by atoms with Crippen LogP contribution < -0.4 is 4.90 Å². The maximum atomic E-state index is 11.5. The fourth-order valence-electron chi connectivity index (χ4n) is 2.56. The first-order chi connectivity index (χ1) is 9.52. The van der Waals surface area contributed by atoms with Crippen molar-refractivity contribution < 1.29 is 14.3 Å². The van der Waals surface area contributed by atoms with Gasteiger partial charge in [0.1, 0.15) is 11.6 Å². The summed E-state index contributed by atoms with van der Waals surface area (Å²) in [5.74, 6) is 0.950. The van der Waals surface area contributed by atoms with Gasteiger partial charge in [-0.25, -0.2) is 9.78 Å². The lowest BCUT2D eigenvalue weighted by molar-refractivity contribution is -0.121. The number of piperidine rings is 1. The van der Waals surface area contributed by atoms with E-state index in [1.165, 1.54) is 7.11 Å². The van der Waals surface area contributed by atoms with Crippen LogP contribution in [0.5, 0.6) is 0 Å². The number of anilines is 1. The van der Waals surface area contributed by atoms with Crippen LogP contribution in [0.2, 0.25) is 0 Å². The van der Waals surface area contributed by atoms with Crippen LogP contribution >= 0.6 is 0 Å². The molecular formula is C15H20N2O3. The minimum atomic E-state index is -0.364. The zero-order valence-electron chi connectivity index (χ0n) is 12.2. The van der Waals surface area contributed by atoms with Gasteiger partial charge in [0.15, 0.2) is 0 Å². The molecule has 0 N–H and O–H groups in total. The molecule has 5 nitrogen and oxygen atoms in total. The molecule has 0 saturated carbocycles. The maximum absolute atomic E-state index is 11.5. The van der Waals surface area contributed by atoms with Crippen molar-refractivity contribution in [3.8, 4) is 0 Å². The van der Waals surface area contributed by atoms with E-state index >= 15 is 0 Å². The predicted molar refractivity (Wildman–Crippen MR) is 75.9 cm³/mol. The van der Waals surface area contributed by atoms with Crippen LogP contribution in [0, 0.1) is 12.8 Å². The predicted octanol–water partition coefficient (Wildman–Crippen LogP) is 1.98. The Hall–Kier alpha value is -1.91. The molecule has 0 aromatic carbocycles. The Balaban J connectivity index is 2.09. The van der Waals surface area contributed by atoms with E-state index in [2.05, 4.69) is 9.88 Å². The first-order valence-corrected chi connectivity index (χ1v) is 6.84. The van der Waals surface area contributed by atoms with Gasteiger partial charge >= 0.3 is 5.97 Å². The molecular weight excluding hydrogens is 256 g/mol. The molecule has 1 aliphatic heterocycles. The fraction of sp³-hybridized carbons (Fsp3) is 0.533. The summed E-state index contributed by atoms with van der Waals surface area (Å²) in [6.45, 7) is 5.12. The number of aryl methyl sites for hydroxylation is 1. The van der Waals surface area contributed by atoms with Gasteiger partial charge in [0.2, 0.25) is 0 Å². The smallest absolute Gasteiger partial charge is 0.339 e. The lowest BCUT2D eigenvalue weighted by Gasteiger charge is -2.32. The number of rotatable bonds is 3. The van der Waals surface area contributed by atoms with Gasteiger partial charge in [0.05, 0.1) is 18.4 Å². The van der Waals surface area contributed by atoms with Gasteiger partial charge in [-0.05, 0) is 38.8 Å². The van der Waals surface area contributed by atoms with Crippen molar-refractivity contribution in [1.29, 1.82) is 0 Å². The number of pyridine rings is 1. The van der Waals surface area contributed by atoms with Crippen LogP contribution in [-0.2, 0) is 9.53 Å². The zero-order chi connectivity index (χ0) is 14.7. The lowest BCUT2D eigenvalue weighted by atomic mass is 9.93. The molecule has 0 aliphatic carbocycles. The van der Waals surface area contributed by atoms with E-state index in [9.17, 15) is 9.59 Å². The standard InChI is InChI=1S/C15H20N2O3/c1-10-13(15(19)20-3)4-5-14(16-10)17-8-6-12(7-9-17)11(2)18/h4-5,12H,6-9H2,1-3H3. The normalized spacial score (nSPS) is 16.1. The SMILES string of the molecule is COC(=O)c1ccc(N2CCC(C(C)=O)CC2)nc1C. The molecule has 1 aliphatic rings. The summed E-state index contributed by atoms with van der Waals surface area (Å²) in [5, 5.41) is 0. The number of carbonyl (C=O) groups excluding carboxylic acids is 2.